The van der Waals surface area contributed by atoms with Crippen molar-refractivity contribution in [1.29, 1.82) is 0 Å². The van der Waals surface area contributed by atoms with Gasteiger partial charge in [0.1, 0.15) is 23.8 Å². The third kappa shape index (κ3) is 4.15. The first-order chi connectivity index (χ1) is 12.6. The van der Waals surface area contributed by atoms with Gasteiger partial charge in [0, 0.05) is 10.1 Å². The zero-order valence-corrected chi connectivity index (χ0v) is 15.5. The Bertz CT molecular complexity index is 936. The molecular formula is C19H16ClNO4S. The Kier molecular flexibility index (Phi) is 5.75. The molecule has 0 aliphatic heterocycles. The molecule has 5 nitrogen and oxygen atoms in total. The second kappa shape index (κ2) is 8.21. The zero-order valence-electron chi connectivity index (χ0n) is 14.0. The fourth-order valence-corrected chi connectivity index (χ4v) is 3.76. The van der Waals surface area contributed by atoms with Crippen molar-refractivity contribution in [2.24, 2.45) is 0 Å². The molecule has 26 heavy (non-hydrogen) atoms. The first-order valence-corrected chi connectivity index (χ1v) is 9.01. The molecule has 0 aliphatic carbocycles. The summed E-state index contributed by atoms with van der Waals surface area (Å²) in [6, 6.07) is 14.7. The van der Waals surface area contributed by atoms with Crippen molar-refractivity contribution in [3.63, 3.8) is 0 Å². The lowest BCUT2D eigenvalue weighted by Gasteiger charge is -2.07. The van der Waals surface area contributed by atoms with Gasteiger partial charge in [-0.3, -0.25) is 9.59 Å². The predicted octanol–water partition coefficient (Wildman–Crippen LogP) is 4.04. The van der Waals surface area contributed by atoms with Gasteiger partial charge in [-0.15, -0.1) is 11.3 Å². The Labute approximate surface area is 159 Å². The maximum atomic E-state index is 12.3. The van der Waals surface area contributed by atoms with E-state index in [9.17, 15) is 9.59 Å². The number of methoxy groups -OCH3 is 1. The maximum absolute atomic E-state index is 12.3. The number of ether oxygens (including phenoxy) is 2. The van der Waals surface area contributed by atoms with Crippen molar-refractivity contribution in [2.45, 2.75) is 6.61 Å². The van der Waals surface area contributed by atoms with Crippen LogP contribution in [-0.4, -0.2) is 25.5 Å². The Morgan fingerprint density at radius 3 is 2.54 bits per heavy atom. The van der Waals surface area contributed by atoms with Crippen molar-refractivity contribution in [3.8, 4) is 5.75 Å². The Morgan fingerprint density at radius 1 is 1.12 bits per heavy atom. The fourth-order valence-electron chi connectivity index (χ4n) is 2.33. The van der Waals surface area contributed by atoms with E-state index in [1.807, 2.05) is 36.4 Å². The molecule has 1 heterocycles. The van der Waals surface area contributed by atoms with Crippen molar-refractivity contribution in [3.05, 3.63) is 64.0 Å². The van der Waals surface area contributed by atoms with E-state index in [1.165, 1.54) is 11.3 Å². The van der Waals surface area contributed by atoms with E-state index >= 15 is 0 Å². The van der Waals surface area contributed by atoms with Gasteiger partial charge in [-0.05, 0) is 23.8 Å². The average molecular weight is 390 g/mol. The van der Waals surface area contributed by atoms with E-state index in [0.717, 1.165) is 21.4 Å². The molecule has 3 aromatic rings. The van der Waals surface area contributed by atoms with Gasteiger partial charge in [0.25, 0.3) is 5.91 Å². The molecule has 7 heteroatoms. The van der Waals surface area contributed by atoms with Crippen LogP contribution >= 0.6 is 22.9 Å². The van der Waals surface area contributed by atoms with Gasteiger partial charge in [0.05, 0.1) is 12.1 Å². The molecule has 2 aromatic carbocycles. The minimum atomic E-state index is -0.522. The van der Waals surface area contributed by atoms with Crippen LogP contribution in [0.3, 0.4) is 0 Å². The number of carbonyl (C=O) groups excluding carboxylic acids is 2. The first-order valence-electron chi connectivity index (χ1n) is 7.82. The number of carbonyl (C=O) groups is 2. The molecule has 0 saturated carbocycles. The van der Waals surface area contributed by atoms with Crippen LogP contribution in [0.15, 0.2) is 48.5 Å². The van der Waals surface area contributed by atoms with Crippen LogP contribution in [0.4, 0.5) is 0 Å². The summed E-state index contributed by atoms with van der Waals surface area (Å²) in [6.45, 7) is -0.0953. The van der Waals surface area contributed by atoms with Crippen LogP contribution < -0.4 is 10.1 Å². The highest BCUT2D eigenvalue weighted by atomic mass is 35.5. The highest BCUT2D eigenvalue weighted by molar-refractivity contribution is 7.21. The smallest absolute Gasteiger partial charge is 0.325 e. The lowest BCUT2D eigenvalue weighted by molar-refractivity contribution is -0.143. The first kappa shape index (κ1) is 18.2. The second-order valence-electron chi connectivity index (χ2n) is 5.43. The van der Waals surface area contributed by atoms with E-state index < -0.39 is 11.9 Å². The van der Waals surface area contributed by atoms with Crippen LogP contribution in [0, 0.1) is 0 Å². The van der Waals surface area contributed by atoms with Crippen LogP contribution in [0.2, 0.25) is 5.02 Å². The van der Waals surface area contributed by atoms with Gasteiger partial charge < -0.3 is 14.8 Å². The fraction of sp³-hybridized carbons (Fsp3) is 0.158. The maximum Gasteiger partial charge on any atom is 0.325 e. The van der Waals surface area contributed by atoms with Gasteiger partial charge in [-0.1, -0.05) is 41.9 Å². The van der Waals surface area contributed by atoms with E-state index in [4.69, 9.17) is 21.1 Å². The molecule has 134 valence electrons. The Morgan fingerprint density at radius 2 is 1.85 bits per heavy atom. The summed E-state index contributed by atoms with van der Waals surface area (Å²) in [5.74, 6) is -0.184. The lowest BCUT2D eigenvalue weighted by atomic mass is 10.2. The third-order valence-electron chi connectivity index (χ3n) is 3.69. The summed E-state index contributed by atoms with van der Waals surface area (Å²) in [6.07, 6.45) is 0. The normalized spacial score (nSPS) is 10.5. The van der Waals surface area contributed by atoms with Crippen molar-refractivity contribution >= 4 is 44.9 Å². The van der Waals surface area contributed by atoms with Gasteiger partial charge in [-0.2, -0.15) is 0 Å². The molecule has 1 amide bonds. The number of fused-ring (bicyclic) bond motifs is 1. The number of thiophene rings is 1. The number of amides is 1. The molecule has 3 rings (SSSR count). The largest absolute Gasteiger partial charge is 0.497 e. The van der Waals surface area contributed by atoms with E-state index in [1.54, 1.807) is 19.2 Å². The molecule has 0 radical (unpaired) electrons. The lowest BCUT2D eigenvalue weighted by Crippen LogP contribution is -2.30. The molecule has 0 aliphatic rings. The van der Waals surface area contributed by atoms with Crippen molar-refractivity contribution in [2.75, 3.05) is 13.7 Å². The molecule has 1 aromatic heterocycles. The standard InChI is InChI=1S/C19H16ClNO4S/c1-24-13-8-6-12(7-9-13)11-25-16(22)10-21-19(23)18-17(20)14-4-2-3-5-15(14)26-18/h2-9H,10-11H2,1H3,(H,21,23). The number of hydrogen-bond donors (Lipinski definition) is 1. The SMILES string of the molecule is COc1ccc(COC(=O)CNC(=O)c2sc3ccccc3c2Cl)cc1. The monoisotopic (exact) mass is 389 g/mol. The summed E-state index contributed by atoms with van der Waals surface area (Å²) >= 11 is 7.55. The quantitative estimate of drug-likeness (QED) is 0.646. The molecule has 0 spiro atoms. The van der Waals surface area contributed by atoms with Gasteiger partial charge in [-0.25, -0.2) is 0 Å². The van der Waals surface area contributed by atoms with Crippen LogP contribution in [0.5, 0.6) is 5.75 Å². The minimum absolute atomic E-state index is 0.127. The van der Waals surface area contributed by atoms with E-state index in [0.29, 0.717) is 9.90 Å². The average Bonchev–Trinajstić information content (AvgIpc) is 3.02. The van der Waals surface area contributed by atoms with Crippen LogP contribution in [0.1, 0.15) is 15.2 Å². The van der Waals surface area contributed by atoms with Gasteiger partial charge >= 0.3 is 5.97 Å². The number of hydrogen-bond acceptors (Lipinski definition) is 5. The Balaban J connectivity index is 1.53. The number of halogens is 1. The Hall–Kier alpha value is -2.57. The van der Waals surface area contributed by atoms with Crippen molar-refractivity contribution < 1.29 is 19.1 Å². The highest BCUT2D eigenvalue weighted by Gasteiger charge is 2.17. The van der Waals surface area contributed by atoms with Gasteiger partial charge in [0.15, 0.2) is 0 Å². The summed E-state index contributed by atoms with van der Waals surface area (Å²) in [5, 5.41) is 3.77. The summed E-state index contributed by atoms with van der Waals surface area (Å²) in [5.41, 5.74) is 0.832. The number of benzene rings is 2. The number of rotatable bonds is 6. The van der Waals surface area contributed by atoms with E-state index in [-0.39, 0.29) is 13.2 Å². The van der Waals surface area contributed by atoms with Crippen molar-refractivity contribution in [1.82, 2.24) is 5.32 Å². The minimum Gasteiger partial charge on any atom is -0.497 e. The number of nitrogens with one attached hydrogen (secondary N) is 1. The highest BCUT2D eigenvalue weighted by Crippen LogP contribution is 2.34. The molecule has 1 N–H and O–H groups in total. The molecule has 0 fully saturated rings. The topological polar surface area (TPSA) is 64.6 Å². The van der Waals surface area contributed by atoms with E-state index in [2.05, 4.69) is 5.32 Å². The second-order valence-corrected chi connectivity index (χ2v) is 6.86. The molecule has 0 atom stereocenters. The molecular weight excluding hydrogens is 374 g/mol. The molecule has 0 unspecified atom stereocenters. The summed E-state index contributed by atoms with van der Waals surface area (Å²) in [7, 11) is 1.58. The third-order valence-corrected chi connectivity index (χ3v) is 5.37. The summed E-state index contributed by atoms with van der Waals surface area (Å²) in [4.78, 5) is 24.5. The molecule has 0 bridgehead atoms. The predicted molar refractivity (Wildman–Crippen MR) is 102 cm³/mol. The van der Waals surface area contributed by atoms with Crippen LogP contribution in [-0.2, 0) is 16.1 Å². The van der Waals surface area contributed by atoms with Crippen LogP contribution in [0.25, 0.3) is 10.1 Å². The zero-order chi connectivity index (χ0) is 18.5. The number of esters is 1. The molecule has 0 saturated heterocycles. The summed E-state index contributed by atoms with van der Waals surface area (Å²) < 4.78 is 11.1. The van der Waals surface area contributed by atoms with Gasteiger partial charge in [0.2, 0.25) is 0 Å².